The van der Waals surface area contributed by atoms with E-state index < -0.39 is 0 Å². The zero-order chi connectivity index (χ0) is 9.84. The van der Waals surface area contributed by atoms with Crippen LogP contribution in [0.1, 0.15) is 18.1 Å². The van der Waals surface area contributed by atoms with E-state index >= 15 is 0 Å². The van der Waals surface area contributed by atoms with Crippen LogP contribution in [0, 0.1) is 6.92 Å². The molecule has 68 valence electrons. The Morgan fingerprint density at radius 2 is 2.15 bits per heavy atom. The Hall–Kier alpha value is -0.890. The first-order valence-corrected chi connectivity index (χ1v) is 4.83. The highest BCUT2D eigenvalue weighted by Crippen LogP contribution is 2.16. The third-order valence-electron chi connectivity index (χ3n) is 1.73. The van der Waals surface area contributed by atoms with Crippen molar-refractivity contribution in [3.63, 3.8) is 0 Å². The molecule has 0 aliphatic carbocycles. The predicted octanol–water partition coefficient (Wildman–Crippen LogP) is 3.36. The van der Waals surface area contributed by atoms with E-state index in [1.54, 1.807) is 13.0 Å². The van der Waals surface area contributed by atoms with Crippen molar-refractivity contribution in [2.75, 3.05) is 0 Å². The molecular formula is C11H11BrO. The molecule has 0 aliphatic rings. The van der Waals surface area contributed by atoms with E-state index in [1.165, 1.54) is 0 Å². The summed E-state index contributed by atoms with van der Waals surface area (Å²) in [6, 6.07) is 5.98. The van der Waals surface area contributed by atoms with Gasteiger partial charge in [-0.15, -0.1) is 0 Å². The Kier molecular flexibility index (Phi) is 3.43. The quantitative estimate of drug-likeness (QED) is 0.723. The summed E-state index contributed by atoms with van der Waals surface area (Å²) in [7, 11) is 0. The Balaban J connectivity index is 2.96. The first-order chi connectivity index (χ1) is 6.09. The van der Waals surface area contributed by atoms with Crippen LogP contribution >= 0.6 is 15.9 Å². The van der Waals surface area contributed by atoms with Crippen LogP contribution in [-0.2, 0) is 4.79 Å². The Bertz CT molecular complexity index is 353. The van der Waals surface area contributed by atoms with Crippen LogP contribution in [0.25, 0.3) is 6.08 Å². The van der Waals surface area contributed by atoms with Crippen molar-refractivity contribution in [3.05, 3.63) is 39.9 Å². The van der Waals surface area contributed by atoms with E-state index in [0.29, 0.717) is 0 Å². The molecular weight excluding hydrogens is 228 g/mol. The lowest BCUT2D eigenvalue weighted by Gasteiger charge is -1.99. The lowest BCUT2D eigenvalue weighted by molar-refractivity contribution is -0.112. The van der Waals surface area contributed by atoms with Crippen LogP contribution in [0.15, 0.2) is 28.7 Å². The molecule has 0 atom stereocenters. The van der Waals surface area contributed by atoms with Gasteiger partial charge in [-0.25, -0.2) is 0 Å². The van der Waals surface area contributed by atoms with Gasteiger partial charge in [0.05, 0.1) is 0 Å². The Labute approximate surface area is 86.6 Å². The summed E-state index contributed by atoms with van der Waals surface area (Å²) < 4.78 is 1.06. The van der Waals surface area contributed by atoms with Gasteiger partial charge >= 0.3 is 0 Å². The Morgan fingerprint density at radius 1 is 1.46 bits per heavy atom. The number of hydrogen-bond acceptors (Lipinski definition) is 1. The highest BCUT2D eigenvalue weighted by atomic mass is 79.9. The molecule has 0 saturated carbocycles. The number of carbonyl (C=O) groups is 1. The van der Waals surface area contributed by atoms with Crippen molar-refractivity contribution in [2.24, 2.45) is 0 Å². The summed E-state index contributed by atoms with van der Waals surface area (Å²) in [6.45, 7) is 3.56. The van der Waals surface area contributed by atoms with Crippen molar-refractivity contribution < 1.29 is 4.79 Å². The minimum absolute atomic E-state index is 0.0716. The third kappa shape index (κ3) is 3.15. The van der Waals surface area contributed by atoms with Gasteiger partial charge in [0.1, 0.15) is 0 Å². The number of halogens is 1. The lowest BCUT2D eigenvalue weighted by Crippen LogP contribution is -1.83. The van der Waals surface area contributed by atoms with Crippen molar-refractivity contribution in [1.82, 2.24) is 0 Å². The molecule has 1 aromatic carbocycles. The second-order valence-electron chi connectivity index (χ2n) is 2.94. The van der Waals surface area contributed by atoms with Crippen LogP contribution < -0.4 is 0 Å². The van der Waals surface area contributed by atoms with Gasteiger partial charge < -0.3 is 0 Å². The molecule has 1 rings (SSSR count). The number of rotatable bonds is 2. The van der Waals surface area contributed by atoms with Crippen molar-refractivity contribution in [3.8, 4) is 0 Å². The molecule has 13 heavy (non-hydrogen) atoms. The highest BCUT2D eigenvalue weighted by Gasteiger charge is 1.94. The van der Waals surface area contributed by atoms with Gasteiger partial charge in [-0.2, -0.15) is 0 Å². The number of allylic oxidation sites excluding steroid dienone is 1. The summed E-state index contributed by atoms with van der Waals surface area (Å²) in [5.41, 5.74) is 2.24. The van der Waals surface area contributed by atoms with Crippen molar-refractivity contribution >= 4 is 27.8 Å². The van der Waals surface area contributed by atoms with Crippen LogP contribution in [-0.4, -0.2) is 5.78 Å². The molecule has 0 amide bonds. The number of aryl methyl sites for hydroxylation is 1. The number of carbonyl (C=O) groups excluding carboxylic acids is 1. The molecule has 0 radical (unpaired) electrons. The van der Waals surface area contributed by atoms with Gasteiger partial charge in [0.2, 0.25) is 0 Å². The maximum atomic E-state index is 10.7. The molecule has 1 nitrogen and oxygen atoms in total. The fourth-order valence-electron chi connectivity index (χ4n) is 1.03. The molecule has 0 bridgehead atoms. The molecule has 0 N–H and O–H groups in total. The fraction of sp³-hybridized carbons (Fsp3) is 0.182. The minimum Gasteiger partial charge on any atom is -0.295 e. The molecule has 0 heterocycles. The second kappa shape index (κ2) is 4.38. The van der Waals surface area contributed by atoms with E-state index in [1.807, 2.05) is 31.2 Å². The summed E-state index contributed by atoms with van der Waals surface area (Å²) in [6.07, 6.45) is 3.42. The summed E-state index contributed by atoms with van der Waals surface area (Å²) in [5, 5.41) is 0. The Morgan fingerprint density at radius 3 is 2.69 bits per heavy atom. The summed E-state index contributed by atoms with van der Waals surface area (Å²) in [4.78, 5) is 10.7. The predicted molar refractivity (Wildman–Crippen MR) is 58.6 cm³/mol. The molecule has 0 unspecified atom stereocenters. The van der Waals surface area contributed by atoms with Crippen LogP contribution in [0.2, 0.25) is 0 Å². The van der Waals surface area contributed by atoms with E-state index in [0.717, 1.165) is 15.6 Å². The normalized spacial score (nSPS) is 10.7. The van der Waals surface area contributed by atoms with Crippen LogP contribution in [0.4, 0.5) is 0 Å². The van der Waals surface area contributed by atoms with Crippen molar-refractivity contribution in [2.45, 2.75) is 13.8 Å². The third-order valence-corrected chi connectivity index (χ3v) is 2.22. The van der Waals surface area contributed by atoms with Gasteiger partial charge in [0.25, 0.3) is 0 Å². The zero-order valence-corrected chi connectivity index (χ0v) is 9.26. The second-order valence-corrected chi connectivity index (χ2v) is 3.86. The zero-order valence-electron chi connectivity index (χ0n) is 7.67. The van der Waals surface area contributed by atoms with E-state index in [4.69, 9.17) is 0 Å². The van der Waals surface area contributed by atoms with Gasteiger partial charge in [0, 0.05) is 4.47 Å². The lowest BCUT2D eigenvalue weighted by atomic mass is 10.1. The van der Waals surface area contributed by atoms with E-state index in [-0.39, 0.29) is 5.78 Å². The fourth-order valence-corrected chi connectivity index (χ4v) is 1.51. The van der Waals surface area contributed by atoms with Gasteiger partial charge in [0.15, 0.2) is 5.78 Å². The van der Waals surface area contributed by atoms with Crippen molar-refractivity contribution in [1.29, 1.82) is 0 Å². The maximum absolute atomic E-state index is 10.7. The molecule has 0 aliphatic heterocycles. The smallest absolute Gasteiger partial charge is 0.152 e. The average molecular weight is 239 g/mol. The number of hydrogen-bond donors (Lipinski definition) is 0. The summed E-state index contributed by atoms with van der Waals surface area (Å²) >= 11 is 3.39. The molecule has 0 aromatic heterocycles. The van der Waals surface area contributed by atoms with E-state index in [9.17, 15) is 4.79 Å². The highest BCUT2D eigenvalue weighted by molar-refractivity contribution is 9.10. The first-order valence-electron chi connectivity index (χ1n) is 4.04. The summed E-state index contributed by atoms with van der Waals surface area (Å²) in [5.74, 6) is 0.0716. The largest absolute Gasteiger partial charge is 0.295 e. The van der Waals surface area contributed by atoms with E-state index in [2.05, 4.69) is 15.9 Å². The first kappa shape index (κ1) is 10.2. The average Bonchev–Trinajstić information content (AvgIpc) is 2.02. The topological polar surface area (TPSA) is 17.1 Å². The minimum atomic E-state index is 0.0716. The van der Waals surface area contributed by atoms with Gasteiger partial charge in [-0.05, 0) is 43.2 Å². The van der Waals surface area contributed by atoms with Gasteiger partial charge in [-0.3, -0.25) is 4.79 Å². The maximum Gasteiger partial charge on any atom is 0.152 e. The monoisotopic (exact) mass is 238 g/mol. The molecule has 0 spiro atoms. The molecule has 0 saturated heterocycles. The standard InChI is InChI=1S/C11H11BrO/c1-8-7-11(12)6-5-10(8)4-3-9(2)13/h3-7H,1-2H3/b4-3+. The van der Waals surface area contributed by atoms with Crippen LogP contribution in [0.5, 0.6) is 0 Å². The SMILES string of the molecule is CC(=O)/C=C/c1ccc(Br)cc1C. The molecule has 0 fully saturated rings. The molecule has 2 heteroatoms. The van der Waals surface area contributed by atoms with Gasteiger partial charge in [-0.1, -0.05) is 28.1 Å². The molecule has 1 aromatic rings. The number of ketones is 1. The van der Waals surface area contributed by atoms with Crippen LogP contribution in [0.3, 0.4) is 0 Å². The number of benzene rings is 1.